The van der Waals surface area contributed by atoms with E-state index in [0.717, 1.165) is 37.3 Å². The number of thioether (sulfide) groups is 1. The Morgan fingerprint density at radius 3 is 2.40 bits per heavy atom. The summed E-state index contributed by atoms with van der Waals surface area (Å²) in [6.07, 6.45) is -0.380. The molecule has 1 nitrogen and oxygen atoms in total. The predicted molar refractivity (Wildman–Crippen MR) is 97.3 cm³/mol. The van der Waals surface area contributed by atoms with Crippen LogP contribution in [0.5, 0.6) is 0 Å². The summed E-state index contributed by atoms with van der Waals surface area (Å²) >= 11 is 1.56. The molecule has 0 spiro atoms. The first-order chi connectivity index (χ1) is 11.9. The van der Waals surface area contributed by atoms with Crippen LogP contribution in [0, 0.1) is 0 Å². The van der Waals surface area contributed by atoms with Crippen molar-refractivity contribution in [2.24, 2.45) is 5.73 Å². The van der Waals surface area contributed by atoms with Crippen LogP contribution < -0.4 is 5.73 Å². The topological polar surface area (TPSA) is 26.0 Å². The molecule has 5 heteroatoms. The van der Waals surface area contributed by atoms with Crippen LogP contribution in [0.25, 0.3) is 0 Å². The van der Waals surface area contributed by atoms with Gasteiger partial charge in [0.05, 0.1) is 11.1 Å². The maximum absolute atomic E-state index is 13.2. The van der Waals surface area contributed by atoms with E-state index in [-0.39, 0.29) is 5.25 Å². The summed E-state index contributed by atoms with van der Waals surface area (Å²) < 4.78 is 39.6. The first-order valence-corrected chi connectivity index (χ1v) is 9.57. The number of alkyl halides is 3. The Morgan fingerprint density at radius 1 is 1.00 bits per heavy atom. The third-order valence-electron chi connectivity index (χ3n) is 4.96. The highest BCUT2D eigenvalue weighted by molar-refractivity contribution is 7.99. The zero-order chi connectivity index (χ0) is 17.9. The van der Waals surface area contributed by atoms with E-state index < -0.39 is 17.3 Å². The molecule has 134 valence electrons. The summed E-state index contributed by atoms with van der Waals surface area (Å²) in [5.74, 6) is 0.326. The minimum atomic E-state index is -4.32. The molecule has 25 heavy (non-hydrogen) atoms. The zero-order valence-corrected chi connectivity index (χ0v) is 14.7. The molecule has 0 radical (unpaired) electrons. The van der Waals surface area contributed by atoms with Gasteiger partial charge in [0.1, 0.15) is 0 Å². The summed E-state index contributed by atoms with van der Waals surface area (Å²) in [4.78, 5) is 0. The second kappa shape index (κ2) is 7.42. The fourth-order valence-corrected chi connectivity index (χ4v) is 5.11. The van der Waals surface area contributed by atoms with Crippen LogP contribution in [-0.4, -0.2) is 5.25 Å². The molecule has 1 saturated carbocycles. The second-order valence-corrected chi connectivity index (χ2v) is 7.80. The highest BCUT2D eigenvalue weighted by atomic mass is 32.2. The number of benzene rings is 2. The largest absolute Gasteiger partial charge is 0.416 e. The Kier molecular flexibility index (Phi) is 5.44. The van der Waals surface area contributed by atoms with Gasteiger partial charge in [-0.3, -0.25) is 0 Å². The fraction of sp³-hybridized carbons (Fsp3) is 0.400. The average Bonchev–Trinajstić information content (AvgIpc) is 2.61. The zero-order valence-electron chi connectivity index (χ0n) is 13.9. The first-order valence-electron chi connectivity index (χ1n) is 8.52. The molecule has 1 aliphatic rings. The fourth-order valence-electron chi connectivity index (χ4n) is 3.59. The van der Waals surface area contributed by atoms with Gasteiger partial charge in [0.25, 0.3) is 0 Å². The normalized spacial score (nSPS) is 24.2. The van der Waals surface area contributed by atoms with Gasteiger partial charge in [0.15, 0.2) is 0 Å². The highest BCUT2D eigenvalue weighted by Crippen LogP contribution is 2.43. The molecule has 2 aromatic rings. The third-order valence-corrected chi connectivity index (χ3v) is 6.49. The Hall–Kier alpha value is -1.46. The van der Waals surface area contributed by atoms with Gasteiger partial charge in [-0.1, -0.05) is 61.4 Å². The van der Waals surface area contributed by atoms with Gasteiger partial charge >= 0.3 is 6.18 Å². The van der Waals surface area contributed by atoms with Crippen molar-refractivity contribution >= 4 is 11.8 Å². The smallest absolute Gasteiger partial charge is 0.320 e. The molecular weight excluding hydrogens is 343 g/mol. The molecule has 0 aliphatic heterocycles. The van der Waals surface area contributed by atoms with Gasteiger partial charge in [-0.25, -0.2) is 0 Å². The van der Waals surface area contributed by atoms with Crippen molar-refractivity contribution in [2.75, 3.05) is 0 Å². The van der Waals surface area contributed by atoms with Crippen molar-refractivity contribution in [1.29, 1.82) is 0 Å². The van der Waals surface area contributed by atoms with Crippen molar-refractivity contribution in [1.82, 2.24) is 0 Å². The molecule has 3 rings (SSSR count). The van der Waals surface area contributed by atoms with Gasteiger partial charge in [-0.15, -0.1) is 0 Å². The molecule has 0 heterocycles. The van der Waals surface area contributed by atoms with Gasteiger partial charge in [-0.2, -0.15) is 24.9 Å². The Bertz CT molecular complexity index is 702. The molecule has 0 bridgehead atoms. The Labute approximate surface area is 150 Å². The van der Waals surface area contributed by atoms with Crippen LogP contribution in [-0.2, 0) is 17.5 Å². The molecule has 1 fully saturated rings. The molecule has 0 amide bonds. The van der Waals surface area contributed by atoms with Crippen LogP contribution in [0.3, 0.4) is 0 Å². The number of nitrogens with two attached hydrogens (primary N) is 1. The van der Waals surface area contributed by atoms with Gasteiger partial charge in [-0.05, 0) is 30.0 Å². The van der Waals surface area contributed by atoms with Crippen LogP contribution in [0.1, 0.15) is 42.4 Å². The van der Waals surface area contributed by atoms with Crippen molar-refractivity contribution in [3.8, 4) is 0 Å². The third kappa shape index (κ3) is 4.04. The van der Waals surface area contributed by atoms with Crippen molar-refractivity contribution in [2.45, 2.75) is 48.4 Å². The van der Waals surface area contributed by atoms with E-state index in [2.05, 4.69) is 0 Å². The van der Waals surface area contributed by atoms with E-state index >= 15 is 0 Å². The molecule has 0 aromatic heterocycles. The lowest BCUT2D eigenvalue weighted by Crippen LogP contribution is -2.48. The lowest BCUT2D eigenvalue weighted by molar-refractivity contribution is -0.138. The summed E-state index contributed by atoms with van der Waals surface area (Å²) in [5, 5.41) is 0.116. The maximum atomic E-state index is 13.2. The molecule has 2 N–H and O–H groups in total. The van der Waals surface area contributed by atoms with Crippen molar-refractivity contribution in [3.05, 3.63) is 71.3 Å². The summed E-state index contributed by atoms with van der Waals surface area (Å²) in [7, 11) is 0. The molecule has 2 unspecified atom stereocenters. The van der Waals surface area contributed by atoms with E-state index in [9.17, 15) is 13.2 Å². The van der Waals surface area contributed by atoms with Crippen molar-refractivity contribution < 1.29 is 13.2 Å². The number of hydrogen-bond donors (Lipinski definition) is 1. The minimum Gasteiger partial charge on any atom is -0.320 e. The Balaban J connectivity index is 1.80. The average molecular weight is 365 g/mol. The highest BCUT2D eigenvalue weighted by Gasteiger charge is 2.39. The molecular formula is C20H22F3NS. The second-order valence-electron chi connectivity index (χ2n) is 6.61. The van der Waals surface area contributed by atoms with E-state index in [1.807, 2.05) is 30.3 Å². The number of rotatable bonds is 4. The van der Waals surface area contributed by atoms with Crippen LogP contribution >= 0.6 is 11.8 Å². The standard InChI is InChI=1S/C20H22F3NS/c21-20(22,23)17-11-5-4-8-15(17)14-25-18-12-6-7-13-19(18,24)16-9-2-1-3-10-16/h1-5,8-11,18H,6-7,12-14,24H2. The molecule has 0 saturated heterocycles. The van der Waals surface area contributed by atoms with Crippen LogP contribution in [0.15, 0.2) is 54.6 Å². The predicted octanol–water partition coefficient (Wildman–Crippen LogP) is 5.74. The van der Waals surface area contributed by atoms with Gasteiger partial charge in [0.2, 0.25) is 0 Å². The molecule has 2 atom stereocenters. The molecule has 2 aromatic carbocycles. The minimum absolute atomic E-state index is 0.116. The van der Waals surface area contributed by atoms with Crippen LogP contribution in [0.4, 0.5) is 13.2 Å². The first kappa shape index (κ1) is 18.3. The molecule has 1 aliphatic carbocycles. The van der Waals surface area contributed by atoms with E-state index in [1.54, 1.807) is 23.9 Å². The summed E-state index contributed by atoms with van der Waals surface area (Å²) in [6.45, 7) is 0. The summed E-state index contributed by atoms with van der Waals surface area (Å²) in [5.41, 5.74) is 7.17. The monoisotopic (exact) mass is 365 g/mol. The van der Waals surface area contributed by atoms with E-state index in [0.29, 0.717) is 11.3 Å². The lowest BCUT2D eigenvalue weighted by Gasteiger charge is -2.41. The lowest BCUT2D eigenvalue weighted by atomic mass is 9.77. The number of halogens is 3. The van der Waals surface area contributed by atoms with Gasteiger partial charge in [0, 0.05) is 11.0 Å². The quantitative estimate of drug-likeness (QED) is 0.748. The number of hydrogen-bond acceptors (Lipinski definition) is 2. The van der Waals surface area contributed by atoms with Gasteiger partial charge < -0.3 is 5.73 Å². The van der Waals surface area contributed by atoms with Crippen LogP contribution in [0.2, 0.25) is 0 Å². The van der Waals surface area contributed by atoms with E-state index in [1.165, 1.54) is 6.07 Å². The van der Waals surface area contributed by atoms with Crippen molar-refractivity contribution in [3.63, 3.8) is 0 Å². The summed E-state index contributed by atoms with van der Waals surface area (Å²) in [6, 6.07) is 15.8. The van der Waals surface area contributed by atoms with E-state index in [4.69, 9.17) is 5.73 Å². The Morgan fingerprint density at radius 2 is 1.68 bits per heavy atom. The SMILES string of the molecule is NC1(c2ccccc2)CCCCC1SCc1ccccc1C(F)(F)F. The maximum Gasteiger partial charge on any atom is 0.416 e.